The second-order valence-electron chi connectivity index (χ2n) is 6.25. The molecule has 1 aromatic carbocycles. The molecule has 1 saturated heterocycles. The minimum absolute atomic E-state index is 0.0206. The summed E-state index contributed by atoms with van der Waals surface area (Å²) >= 11 is 0. The normalized spacial score (nSPS) is 18.7. The van der Waals surface area contributed by atoms with Crippen LogP contribution in [0.3, 0.4) is 0 Å². The Kier molecular flexibility index (Phi) is 5.84. The summed E-state index contributed by atoms with van der Waals surface area (Å²) in [5.74, 6) is 0.0420. The second-order valence-corrected chi connectivity index (χ2v) is 7.93. The van der Waals surface area contributed by atoms with Crippen molar-refractivity contribution >= 4 is 15.9 Å². The Morgan fingerprint density at radius 3 is 2.71 bits per heavy atom. The summed E-state index contributed by atoms with van der Waals surface area (Å²) in [7, 11) is -2.35. The maximum Gasteiger partial charge on any atom is 0.253 e. The monoisotopic (exact) mass is 355 g/mol. The van der Waals surface area contributed by atoms with Crippen LogP contribution in [-0.4, -0.2) is 58.1 Å². The van der Waals surface area contributed by atoms with Gasteiger partial charge in [0.05, 0.1) is 7.11 Å². The number of nitrogens with zero attached hydrogens (tertiary/aromatic N) is 1. The zero-order valence-electron chi connectivity index (χ0n) is 14.5. The van der Waals surface area contributed by atoms with E-state index >= 15 is 0 Å². The maximum atomic E-state index is 12.7. The SMILES string of the molecule is COc1ccc(C(=O)N2CCNC(C)C2)cc1S(=O)(=O)NC(C)C. The predicted octanol–water partition coefficient (Wildman–Crippen LogP) is 0.816. The Labute approximate surface area is 143 Å². The quantitative estimate of drug-likeness (QED) is 0.816. The topological polar surface area (TPSA) is 87.7 Å². The van der Waals surface area contributed by atoms with E-state index in [1.54, 1.807) is 24.8 Å². The Morgan fingerprint density at radius 2 is 2.12 bits per heavy atom. The Bertz CT molecular complexity index is 703. The van der Waals surface area contributed by atoms with Crippen LogP contribution in [0, 0.1) is 0 Å². The number of ether oxygens (including phenoxy) is 1. The lowest BCUT2D eigenvalue weighted by Crippen LogP contribution is -2.51. The number of methoxy groups -OCH3 is 1. The standard InChI is InChI=1S/C16H25N3O4S/c1-11(2)18-24(21,22)15-9-13(5-6-14(15)23-4)16(20)19-8-7-17-12(3)10-19/h5-6,9,11-12,17-18H,7-8,10H2,1-4H3. The molecule has 0 bridgehead atoms. The van der Waals surface area contributed by atoms with Crippen molar-refractivity contribution in [1.82, 2.24) is 14.9 Å². The first-order chi connectivity index (χ1) is 11.2. The van der Waals surface area contributed by atoms with Crippen LogP contribution in [0.2, 0.25) is 0 Å². The Hall–Kier alpha value is -1.64. The van der Waals surface area contributed by atoms with Crippen LogP contribution >= 0.6 is 0 Å². The average molecular weight is 355 g/mol. The first-order valence-electron chi connectivity index (χ1n) is 7.97. The van der Waals surface area contributed by atoms with Crippen molar-refractivity contribution in [2.45, 2.75) is 37.8 Å². The van der Waals surface area contributed by atoms with Crippen molar-refractivity contribution in [1.29, 1.82) is 0 Å². The predicted molar refractivity (Wildman–Crippen MR) is 91.8 cm³/mol. The number of nitrogens with one attached hydrogen (secondary N) is 2. The van der Waals surface area contributed by atoms with Crippen molar-refractivity contribution in [3.8, 4) is 5.75 Å². The highest BCUT2D eigenvalue weighted by atomic mass is 32.2. The third kappa shape index (κ3) is 4.25. The highest BCUT2D eigenvalue weighted by Crippen LogP contribution is 2.26. The molecule has 0 aromatic heterocycles. The number of carbonyl (C=O) groups excluding carboxylic acids is 1. The van der Waals surface area contributed by atoms with E-state index in [0.717, 1.165) is 6.54 Å². The minimum atomic E-state index is -3.76. The number of piperazine rings is 1. The highest BCUT2D eigenvalue weighted by molar-refractivity contribution is 7.89. The summed E-state index contributed by atoms with van der Waals surface area (Å²) < 4.78 is 32.7. The molecule has 1 heterocycles. The maximum absolute atomic E-state index is 12.7. The summed E-state index contributed by atoms with van der Waals surface area (Å²) in [6, 6.07) is 4.47. The van der Waals surface area contributed by atoms with Gasteiger partial charge in [0.1, 0.15) is 10.6 Å². The fourth-order valence-corrected chi connectivity index (χ4v) is 4.14. The number of sulfonamides is 1. The fraction of sp³-hybridized carbons (Fsp3) is 0.562. The van der Waals surface area contributed by atoms with E-state index in [-0.39, 0.29) is 28.6 Å². The molecule has 1 aromatic rings. The van der Waals surface area contributed by atoms with Crippen LogP contribution < -0.4 is 14.8 Å². The van der Waals surface area contributed by atoms with Crippen LogP contribution in [0.4, 0.5) is 0 Å². The van der Waals surface area contributed by atoms with Crippen LogP contribution in [0.25, 0.3) is 0 Å². The van der Waals surface area contributed by atoms with Gasteiger partial charge >= 0.3 is 0 Å². The molecule has 0 spiro atoms. The lowest BCUT2D eigenvalue weighted by atomic mass is 10.1. The van der Waals surface area contributed by atoms with E-state index in [1.165, 1.54) is 19.2 Å². The highest BCUT2D eigenvalue weighted by Gasteiger charge is 2.26. The van der Waals surface area contributed by atoms with E-state index < -0.39 is 10.0 Å². The number of amides is 1. The van der Waals surface area contributed by atoms with Gasteiger partial charge in [0.25, 0.3) is 5.91 Å². The third-order valence-corrected chi connectivity index (χ3v) is 5.43. The number of hydrogen-bond donors (Lipinski definition) is 2. The molecule has 0 radical (unpaired) electrons. The van der Waals surface area contributed by atoms with Crippen molar-refractivity contribution in [2.75, 3.05) is 26.7 Å². The summed E-state index contributed by atoms with van der Waals surface area (Å²) in [5.41, 5.74) is 0.342. The molecule has 1 fully saturated rings. The summed E-state index contributed by atoms with van der Waals surface area (Å²) in [5, 5.41) is 3.27. The number of rotatable bonds is 5. The molecule has 0 saturated carbocycles. The van der Waals surface area contributed by atoms with Crippen molar-refractivity contribution < 1.29 is 17.9 Å². The van der Waals surface area contributed by atoms with Crippen molar-refractivity contribution in [3.63, 3.8) is 0 Å². The van der Waals surface area contributed by atoms with Crippen LogP contribution in [-0.2, 0) is 10.0 Å². The molecular weight excluding hydrogens is 330 g/mol. The molecule has 1 unspecified atom stereocenters. The fourth-order valence-electron chi connectivity index (χ4n) is 2.69. The molecule has 7 nitrogen and oxygen atoms in total. The van der Waals surface area contributed by atoms with E-state index in [4.69, 9.17) is 4.74 Å². The van der Waals surface area contributed by atoms with Gasteiger partial charge in [0.15, 0.2) is 0 Å². The van der Waals surface area contributed by atoms with Crippen molar-refractivity contribution in [3.05, 3.63) is 23.8 Å². The first kappa shape index (κ1) is 18.7. The van der Waals surface area contributed by atoms with E-state index in [2.05, 4.69) is 10.0 Å². The van der Waals surface area contributed by atoms with Crippen LogP contribution in [0.15, 0.2) is 23.1 Å². The van der Waals surface area contributed by atoms with Gasteiger partial charge in [-0.3, -0.25) is 4.79 Å². The van der Waals surface area contributed by atoms with E-state index in [9.17, 15) is 13.2 Å². The molecule has 2 N–H and O–H groups in total. The van der Waals surface area contributed by atoms with Crippen LogP contribution in [0.5, 0.6) is 5.75 Å². The molecule has 1 aliphatic heterocycles. The largest absolute Gasteiger partial charge is 0.495 e. The van der Waals surface area contributed by atoms with Gasteiger partial charge in [-0.2, -0.15) is 0 Å². The Morgan fingerprint density at radius 1 is 1.42 bits per heavy atom. The molecule has 8 heteroatoms. The van der Waals surface area contributed by atoms with Gasteiger partial charge in [-0.05, 0) is 39.0 Å². The van der Waals surface area contributed by atoms with Gasteiger partial charge in [-0.25, -0.2) is 13.1 Å². The van der Waals surface area contributed by atoms with Crippen molar-refractivity contribution in [2.24, 2.45) is 0 Å². The number of benzene rings is 1. The number of hydrogen-bond acceptors (Lipinski definition) is 5. The van der Waals surface area contributed by atoms with E-state index in [0.29, 0.717) is 18.7 Å². The van der Waals surface area contributed by atoms with Crippen LogP contribution in [0.1, 0.15) is 31.1 Å². The summed E-state index contributed by atoms with van der Waals surface area (Å²) in [4.78, 5) is 14.4. The Balaban J connectivity index is 2.36. The second kappa shape index (κ2) is 7.50. The third-order valence-electron chi connectivity index (χ3n) is 3.75. The first-order valence-corrected chi connectivity index (χ1v) is 9.46. The van der Waals surface area contributed by atoms with Gasteiger partial charge in [0.2, 0.25) is 10.0 Å². The number of carbonyl (C=O) groups is 1. The molecule has 134 valence electrons. The lowest BCUT2D eigenvalue weighted by molar-refractivity contribution is 0.0709. The zero-order valence-corrected chi connectivity index (χ0v) is 15.3. The molecule has 2 rings (SSSR count). The zero-order chi connectivity index (χ0) is 17.9. The molecule has 0 aliphatic carbocycles. The van der Waals surface area contributed by atoms with Gasteiger partial charge < -0.3 is 15.0 Å². The van der Waals surface area contributed by atoms with Gasteiger partial charge in [0, 0.05) is 37.3 Å². The summed E-state index contributed by atoms with van der Waals surface area (Å²) in [6.07, 6.45) is 0. The molecule has 1 atom stereocenters. The minimum Gasteiger partial charge on any atom is -0.495 e. The average Bonchev–Trinajstić information content (AvgIpc) is 2.52. The molecule has 24 heavy (non-hydrogen) atoms. The summed E-state index contributed by atoms with van der Waals surface area (Å²) in [6.45, 7) is 7.40. The smallest absolute Gasteiger partial charge is 0.253 e. The molecular formula is C16H25N3O4S. The van der Waals surface area contributed by atoms with E-state index in [1.807, 2.05) is 6.92 Å². The van der Waals surface area contributed by atoms with Gasteiger partial charge in [-0.15, -0.1) is 0 Å². The lowest BCUT2D eigenvalue weighted by Gasteiger charge is -2.32. The molecule has 1 amide bonds. The van der Waals surface area contributed by atoms with Gasteiger partial charge in [-0.1, -0.05) is 0 Å². The molecule has 1 aliphatic rings.